The lowest BCUT2D eigenvalue weighted by atomic mass is 9.55. The largest absolute Gasteiger partial charge is 0.396 e. The Kier molecular flexibility index (Phi) is 2.42. The van der Waals surface area contributed by atoms with Crippen LogP contribution in [-0.4, -0.2) is 11.7 Å². The van der Waals surface area contributed by atoms with E-state index in [0.29, 0.717) is 12.0 Å². The molecule has 3 atom stereocenters. The molecule has 0 saturated heterocycles. The minimum atomic E-state index is 0.280. The predicted molar refractivity (Wildman–Crippen MR) is 59.0 cm³/mol. The highest BCUT2D eigenvalue weighted by molar-refractivity contribution is 5.03. The molecule has 2 aliphatic rings. The van der Waals surface area contributed by atoms with Crippen molar-refractivity contribution in [2.24, 2.45) is 22.7 Å². The normalized spacial score (nSPS) is 46.3. The summed E-state index contributed by atoms with van der Waals surface area (Å²) in [5.41, 5.74) is 0.744. The molecule has 0 amide bonds. The Balaban J connectivity index is 2.31. The number of hydrogen-bond donors (Lipinski definition) is 1. The molecule has 0 aromatic heterocycles. The fourth-order valence-electron chi connectivity index (χ4n) is 4.32. The molecule has 1 N–H and O–H groups in total. The zero-order valence-electron chi connectivity index (χ0n) is 9.84. The molecule has 2 fully saturated rings. The monoisotopic (exact) mass is 196 g/mol. The molecule has 0 heterocycles. The van der Waals surface area contributed by atoms with Crippen molar-refractivity contribution < 1.29 is 5.11 Å². The first-order valence-electron chi connectivity index (χ1n) is 6.14. The summed E-state index contributed by atoms with van der Waals surface area (Å²) in [6.07, 6.45) is 6.60. The summed E-state index contributed by atoms with van der Waals surface area (Å²) >= 11 is 0. The van der Waals surface area contributed by atoms with E-state index in [0.717, 1.165) is 11.8 Å². The summed E-state index contributed by atoms with van der Waals surface area (Å²) in [7, 11) is 0. The Labute approximate surface area is 87.9 Å². The van der Waals surface area contributed by atoms with Crippen molar-refractivity contribution in [3.05, 3.63) is 0 Å². The van der Waals surface area contributed by atoms with Crippen LogP contribution in [0.5, 0.6) is 0 Å². The molecular formula is C13H24O. The molecular weight excluding hydrogens is 172 g/mol. The van der Waals surface area contributed by atoms with Crippen LogP contribution in [0.2, 0.25) is 0 Å². The van der Waals surface area contributed by atoms with Crippen LogP contribution < -0.4 is 0 Å². The molecule has 82 valence electrons. The maximum atomic E-state index is 9.75. The summed E-state index contributed by atoms with van der Waals surface area (Å²) in [6, 6.07) is 0. The van der Waals surface area contributed by atoms with Crippen LogP contribution >= 0.6 is 0 Å². The minimum Gasteiger partial charge on any atom is -0.396 e. The van der Waals surface area contributed by atoms with E-state index in [4.69, 9.17) is 0 Å². The van der Waals surface area contributed by atoms with Crippen molar-refractivity contribution in [3.63, 3.8) is 0 Å². The van der Waals surface area contributed by atoms with Gasteiger partial charge in [-0.15, -0.1) is 0 Å². The second kappa shape index (κ2) is 3.23. The van der Waals surface area contributed by atoms with Gasteiger partial charge in [0.05, 0.1) is 0 Å². The van der Waals surface area contributed by atoms with E-state index in [2.05, 4.69) is 20.8 Å². The van der Waals surface area contributed by atoms with Crippen LogP contribution in [-0.2, 0) is 0 Å². The molecule has 0 spiro atoms. The highest BCUT2D eigenvalue weighted by Gasteiger charge is 2.54. The van der Waals surface area contributed by atoms with Gasteiger partial charge in [0.1, 0.15) is 0 Å². The van der Waals surface area contributed by atoms with Gasteiger partial charge in [-0.05, 0) is 48.3 Å². The fourth-order valence-corrected chi connectivity index (χ4v) is 4.32. The molecule has 0 radical (unpaired) electrons. The van der Waals surface area contributed by atoms with E-state index >= 15 is 0 Å². The average molecular weight is 196 g/mol. The lowest BCUT2D eigenvalue weighted by Crippen LogP contribution is -2.45. The van der Waals surface area contributed by atoms with Crippen LogP contribution in [0.3, 0.4) is 0 Å². The quantitative estimate of drug-likeness (QED) is 0.682. The minimum absolute atomic E-state index is 0.280. The molecule has 1 nitrogen and oxygen atoms in total. The van der Waals surface area contributed by atoms with E-state index in [-0.39, 0.29) is 5.41 Å². The Morgan fingerprint density at radius 3 is 2.50 bits per heavy atom. The van der Waals surface area contributed by atoms with Crippen molar-refractivity contribution in [2.45, 2.75) is 52.9 Å². The Morgan fingerprint density at radius 1 is 1.21 bits per heavy atom. The smallest absolute Gasteiger partial charge is 0.0492 e. The average Bonchev–Trinajstić information content (AvgIpc) is 2.45. The van der Waals surface area contributed by atoms with E-state index < -0.39 is 0 Å². The van der Waals surface area contributed by atoms with Gasteiger partial charge in [0.15, 0.2) is 0 Å². The second-order valence-electron chi connectivity index (χ2n) is 6.26. The summed E-state index contributed by atoms with van der Waals surface area (Å²) in [5, 5.41) is 9.75. The zero-order valence-corrected chi connectivity index (χ0v) is 9.84. The topological polar surface area (TPSA) is 20.2 Å². The zero-order chi connectivity index (χ0) is 10.4. The molecule has 0 aliphatic heterocycles. The van der Waals surface area contributed by atoms with Crippen molar-refractivity contribution in [1.82, 2.24) is 0 Å². The molecule has 0 aromatic rings. The summed E-state index contributed by atoms with van der Waals surface area (Å²) in [5.74, 6) is 1.50. The van der Waals surface area contributed by atoms with Gasteiger partial charge in [-0.1, -0.05) is 27.2 Å². The lowest BCUT2D eigenvalue weighted by Gasteiger charge is -2.50. The molecule has 14 heavy (non-hydrogen) atoms. The number of aliphatic hydroxyl groups excluding tert-OH is 1. The van der Waals surface area contributed by atoms with Crippen LogP contribution in [0.4, 0.5) is 0 Å². The van der Waals surface area contributed by atoms with E-state index in [1.54, 1.807) is 0 Å². The number of hydrogen-bond acceptors (Lipinski definition) is 1. The molecule has 0 bridgehead atoms. The van der Waals surface area contributed by atoms with E-state index in [1.165, 1.54) is 32.1 Å². The number of aliphatic hydroxyl groups is 1. The maximum Gasteiger partial charge on any atom is 0.0492 e. The van der Waals surface area contributed by atoms with Gasteiger partial charge in [0, 0.05) is 6.61 Å². The van der Waals surface area contributed by atoms with Gasteiger partial charge >= 0.3 is 0 Å². The Morgan fingerprint density at radius 2 is 1.93 bits per heavy atom. The van der Waals surface area contributed by atoms with Gasteiger partial charge in [0.2, 0.25) is 0 Å². The van der Waals surface area contributed by atoms with E-state index in [9.17, 15) is 5.11 Å². The third kappa shape index (κ3) is 1.25. The molecule has 0 aromatic carbocycles. The third-order valence-corrected chi connectivity index (χ3v) is 5.26. The van der Waals surface area contributed by atoms with Gasteiger partial charge in [-0.3, -0.25) is 0 Å². The second-order valence-corrected chi connectivity index (χ2v) is 6.26. The van der Waals surface area contributed by atoms with Gasteiger partial charge < -0.3 is 5.11 Å². The molecule has 1 heteroatoms. The SMILES string of the molecule is CC1CCC2C(C)(C)CCCC12CO. The summed E-state index contributed by atoms with van der Waals surface area (Å²) in [4.78, 5) is 0. The highest BCUT2D eigenvalue weighted by Crippen LogP contribution is 2.61. The van der Waals surface area contributed by atoms with Crippen LogP contribution in [0.1, 0.15) is 52.9 Å². The number of rotatable bonds is 1. The highest BCUT2D eigenvalue weighted by atomic mass is 16.3. The van der Waals surface area contributed by atoms with Gasteiger partial charge in [-0.2, -0.15) is 0 Å². The van der Waals surface area contributed by atoms with Crippen LogP contribution in [0.15, 0.2) is 0 Å². The summed E-state index contributed by atoms with van der Waals surface area (Å²) in [6.45, 7) is 7.57. The predicted octanol–water partition coefficient (Wildman–Crippen LogP) is 3.22. The first-order valence-corrected chi connectivity index (χ1v) is 6.14. The lowest BCUT2D eigenvalue weighted by molar-refractivity contribution is -0.0482. The molecule has 3 unspecified atom stereocenters. The van der Waals surface area contributed by atoms with Crippen molar-refractivity contribution in [1.29, 1.82) is 0 Å². The van der Waals surface area contributed by atoms with Gasteiger partial charge in [-0.25, -0.2) is 0 Å². The Hall–Kier alpha value is -0.0400. The molecule has 2 aliphatic carbocycles. The van der Waals surface area contributed by atoms with Crippen LogP contribution in [0.25, 0.3) is 0 Å². The first kappa shape index (κ1) is 10.5. The van der Waals surface area contributed by atoms with Gasteiger partial charge in [0.25, 0.3) is 0 Å². The molecule has 2 saturated carbocycles. The van der Waals surface area contributed by atoms with Crippen molar-refractivity contribution >= 4 is 0 Å². The Bertz CT molecular complexity index is 221. The first-order chi connectivity index (χ1) is 6.53. The van der Waals surface area contributed by atoms with Crippen LogP contribution in [0, 0.1) is 22.7 Å². The van der Waals surface area contributed by atoms with Crippen molar-refractivity contribution in [2.75, 3.05) is 6.61 Å². The number of fused-ring (bicyclic) bond motifs is 1. The van der Waals surface area contributed by atoms with E-state index in [1.807, 2.05) is 0 Å². The fraction of sp³-hybridized carbons (Fsp3) is 1.00. The maximum absolute atomic E-state index is 9.75. The summed E-state index contributed by atoms with van der Waals surface area (Å²) < 4.78 is 0. The standard InChI is InChI=1S/C13H24O/c1-10-5-6-11-12(2,3)7-4-8-13(10,11)9-14/h10-11,14H,4-9H2,1-3H3. The molecule has 2 rings (SSSR count). The van der Waals surface area contributed by atoms with Crippen molar-refractivity contribution in [3.8, 4) is 0 Å². The third-order valence-electron chi connectivity index (χ3n) is 5.26.